The predicted octanol–water partition coefficient (Wildman–Crippen LogP) is 2.99. The average molecular weight is 263 g/mol. The molecule has 100 valence electrons. The number of fused-ring (bicyclic) bond motifs is 2. The molecule has 2 aromatic carbocycles. The number of aromatic nitrogens is 2. The van der Waals surface area contributed by atoms with E-state index in [1.807, 2.05) is 6.20 Å². The number of aromatic amines is 1. The Labute approximate surface area is 118 Å². The molecular formula is C17H17N3. The summed E-state index contributed by atoms with van der Waals surface area (Å²) in [5, 5.41) is 11.9. The summed E-state index contributed by atoms with van der Waals surface area (Å²) >= 11 is 0. The summed E-state index contributed by atoms with van der Waals surface area (Å²) in [6.45, 7) is 1.93. The van der Waals surface area contributed by atoms with Gasteiger partial charge in [0.1, 0.15) is 0 Å². The maximum Gasteiger partial charge on any atom is 0.0695 e. The van der Waals surface area contributed by atoms with Crippen LogP contribution in [0.1, 0.15) is 22.6 Å². The van der Waals surface area contributed by atoms with E-state index in [4.69, 9.17) is 0 Å². The third kappa shape index (κ3) is 1.91. The van der Waals surface area contributed by atoms with Crippen molar-refractivity contribution in [3.8, 4) is 0 Å². The van der Waals surface area contributed by atoms with Crippen LogP contribution in [0.15, 0.2) is 48.7 Å². The lowest BCUT2D eigenvalue weighted by molar-refractivity contribution is 0.536. The monoisotopic (exact) mass is 263 g/mol. The van der Waals surface area contributed by atoms with Crippen molar-refractivity contribution >= 4 is 10.9 Å². The molecule has 0 unspecified atom stereocenters. The molecule has 1 aliphatic carbocycles. The van der Waals surface area contributed by atoms with Gasteiger partial charge in [-0.3, -0.25) is 5.10 Å². The first-order valence-electron chi connectivity index (χ1n) is 7.11. The molecule has 3 nitrogen and oxygen atoms in total. The highest BCUT2D eigenvalue weighted by Crippen LogP contribution is 2.34. The van der Waals surface area contributed by atoms with Crippen molar-refractivity contribution in [2.24, 2.45) is 0 Å². The SMILES string of the molecule is c1ccc2c(c1)C[C@@H]2CNCc1cccc2cn[nH]c12. The van der Waals surface area contributed by atoms with Gasteiger partial charge >= 0.3 is 0 Å². The normalized spacial score (nSPS) is 16.9. The van der Waals surface area contributed by atoms with Crippen LogP contribution >= 0.6 is 0 Å². The molecule has 0 radical (unpaired) electrons. The van der Waals surface area contributed by atoms with E-state index in [2.05, 4.69) is 58.0 Å². The number of hydrogen-bond acceptors (Lipinski definition) is 2. The number of nitrogens with zero attached hydrogens (tertiary/aromatic N) is 1. The minimum Gasteiger partial charge on any atom is -0.312 e. The fourth-order valence-electron chi connectivity index (χ4n) is 3.10. The first kappa shape index (κ1) is 11.7. The number of H-pyrrole nitrogens is 1. The van der Waals surface area contributed by atoms with Crippen LogP contribution in [0.25, 0.3) is 10.9 Å². The van der Waals surface area contributed by atoms with Crippen LogP contribution < -0.4 is 5.32 Å². The van der Waals surface area contributed by atoms with E-state index in [9.17, 15) is 0 Å². The van der Waals surface area contributed by atoms with Gasteiger partial charge < -0.3 is 5.32 Å². The third-order valence-corrected chi connectivity index (χ3v) is 4.23. The lowest BCUT2D eigenvalue weighted by Gasteiger charge is -2.30. The summed E-state index contributed by atoms with van der Waals surface area (Å²) in [5.74, 6) is 0.673. The number of para-hydroxylation sites is 1. The minimum absolute atomic E-state index is 0.673. The molecule has 1 atom stereocenters. The predicted molar refractivity (Wildman–Crippen MR) is 80.7 cm³/mol. The Morgan fingerprint density at radius 2 is 2.10 bits per heavy atom. The molecule has 4 rings (SSSR count). The zero-order valence-corrected chi connectivity index (χ0v) is 11.3. The Morgan fingerprint density at radius 1 is 1.15 bits per heavy atom. The molecule has 1 heterocycles. The number of nitrogens with one attached hydrogen (secondary N) is 2. The number of rotatable bonds is 4. The molecular weight excluding hydrogens is 246 g/mol. The molecule has 1 aliphatic rings. The van der Waals surface area contributed by atoms with Gasteiger partial charge in [0.2, 0.25) is 0 Å². The second-order valence-corrected chi connectivity index (χ2v) is 5.48. The van der Waals surface area contributed by atoms with Gasteiger partial charge in [-0.25, -0.2) is 0 Å². The smallest absolute Gasteiger partial charge is 0.0695 e. The van der Waals surface area contributed by atoms with Crippen LogP contribution in [-0.4, -0.2) is 16.7 Å². The zero-order valence-electron chi connectivity index (χ0n) is 11.3. The van der Waals surface area contributed by atoms with Crippen LogP contribution in [0, 0.1) is 0 Å². The first-order valence-corrected chi connectivity index (χ1v) is 7.11. The largest absolute Gasteiger partial charge is 0.312 e. The minimum atomic E-state index is 0.673. The molecule has 0 bridgehead atoms. The van der Waals surface area contributed by atoms with Crippen molar-refractivity contribution in [2.45, 2.75) is 18.9 Å². The van der Waals surface area contributed by atoms with E-state index in [-0.39, 0.29) is 0 Å². The molecule has 0 amide bonds. The summed E-state index contributed by atoms with van der Waals surface area (Å²) in [5.41, 5.74) is 5.45. The van der Waals surface area contributed by atoms with Gasteiger partial charge in [0.05, 0.1) is 11.7 Å². The summed E-state index contributed by atoms with van der Waals surface area (Å²) in [6.07, 6.45) is 3.08. The van der Waals surface area contributed by atoms with E-state index < -0.39 is 0 Å². The van der Waals surface area contributed by atoms with E-state index >= 15 is 0 Å². The second-order valence-electron chi connectivity index (χ2n) is 5.48. The standard InChI is InChI=1S/C17H17N3/c1-2-7-16-12(4-1)8-15(16)10-18-9-13-5-3-6-14-11-19-20-17(13)14/h1-7,11,15,18H,8-10H2,(H,19,20)/t15-/m1/s1. The van der Waals surface area contributed by atoms with Crippen LogP contribution in [0.5, 0.6) is 0 Å². The summed E-state index contributed by atoms with van der Waals surface area (Å²) in [7, 11) is 0. The second kappa shape index (κ2) is 4.76. The molecule has 0 aliphatic heterocycles. The number of benzene rings is 2. The first-order chi connectivity index (χ1) is 9.92. The fraction of sp³-hybridized carbons (Fsp3) is 0.235. The highest BCUT2D eigenvalue weighted by molar-refractivity contribution is 5.81. The van der Waals surface area contributed by atoms with Crippen LogP contribution in [0.3, 0.4) is 0 Å². The summed E-state index contributed by atoms with van der Waals surface area (Å²) in [4.78, 5) is 0. The maximum atomic E-state index is 4.11. The van der Waals surface area contributed by atoms with Crippen LogP contribution in [0.2, 0.25) is 0 Å². The van der Waals surface area contributed by atoms with Crippen LogP contribution in [-0.2, 0) is 13.0 Å². The summed E-state index contributed by atoms with van der Waals surface area (Å²) in [6, 6.07) is 15.1. The van der Waals surface area contributed by atoms with Gasteiger partial charge in [-0.15, -0.1) is 0 Å². The van der Waals surface area contributed by atoms with Crippen LogP contribution in [0.4, 0.5) is 0 Å². The lowest BCUT2D eigenvalue weighted by atomic mass is 9.77. The van der Waals surface area contributed by atoms with Gasteiger partial charge in [-0.2, -0.15) is 5.10 Å². The van der Waals surface area contributed by atoms with Crippen molar-refractivity contribution in [3.63, 3.8) is 0 Å². The quantitative estimate of drug-likeness (QED) is 0.759. The maximum absolute atomic E-state index is 4.11. The third-order valence-electron chi connectivity index (χ3n) is 4.23. The molecule has 0 fully saturated rings. The molecule has 3 heteroatoms. The van der Waals surface area contributed by atoms with Crippen molar-refractivity contribution < 1.29 is 0 Å². The van der Waals surface area contributed by atoms with Gasteiger partial charge in [-0.05, 0) is 23.1 Å². The molecule has 1 aromatic heterocycles. The average Bonchev–Trinajstić information content (AvgIpc) is 2.93. The van der Waals surface area contributed by atoms with Crippen molar-refractivity contribution in [3.05, 3.63) is 65.4 Å². The van der Waals surface area contributed by atoms with Crippen molar-refractivity contribution in [1.82, 2.24) is 15.5 Å². The summed E-state index contributed by atoms with van der Waals surface area (Å²) < 4.78 is 0. The highest BCUT2D eigenvalue weighted by atomic mass is 15.1. The Hall–Kier alpha value is -2.13. The zero-order chi connectivity index (χ0) is 13.4. The molecule has 0 saturated heterocycles. The van der Waals surface area contributed by atoms with Gasteiger partial charge in [0, 0.05) is 24.4 Å². The van der Waals surface area contributed by atoms with E-state index in [1.54, 1.807) is 0 Å². The van der Waals surface area contributed by atoms with E-state index in [0.29, 0.717) is 5.92 Å². The van der Waals surface area contributed by atoms with Gasteiger partial charge in [0.15, 0.2) is 0 Å². The Bertz CT molecular complexity index is 745. The molecule has 2 N–H and O–H groups in total. The molecule has 0 spiro atoms. The molecule has 3 aromatic rings. The highest BCUT2D eigenvalue weighted by Gasteiger charge is 2.24. The van der Waals surface area contributed by atoms with Crippen molar-refractivity contribution in [2.75, 3.05) is 6.54 Å². The number of hydrogen-bond donors (Lipinski definition) is 2. The van der Waals surface area contributed by atoms with Gasteiger partial charge in [0.25, 0.3) is 0 Å². The topological polar surface area (TPSA) is 40.7 Å². The van der Waals surface area contributed by atoms with Crippen molar-refractivity contribution in [1.29, 1.82) is 0 Å². The fourth-order valence-corrected chi connectivity index (χ4v) is 3.10. The van der Waals surface area contributed by atoms with E-state index in [1.165, 1.54) is 28.5 Å². The Kier molecular flexibility index (Phi) is 2.78. The Morgan fingerprint density at radius 3 is 3.05 bits per heavy atom. The lowest BCUT2D eigenvalue weighted by Crippen LogP contribution is -2.28. The molecule has 0 saturated carbocycles. The molecule has 20 heavy (non-hydrogen) atoms. The van der Waals surface area contributed by atoms with Gasteiger partial charge in [-0.1, -0.05) is 42.5 Å². The Balaban J connectivity index is 1.41. The van der Waals surface area contributed by atoms with E-state index in [0.717, 1.165) is 18.6 Å².